The van der Waals surface area contributed by atoms with Crippen LogP contribution in [0.5, 0.6) is 0 Å². The van der Waals surface area contributed by atoms with E-state index >= 15 is 0 Å². The molecule has 31 heavy (non-hydrogen) atoms. The SMILES string of the molecule is O=C(c1csc(-c2ccc(F)c(F)c2)n1)N1CCN(c2cccc3[nH]c(=O)[nH]c23)CC1. The van der Waals surface area contributed by atoms with Crippen molar-refractivity contribution in [2.45, 2.75) is 0 Å². The van der Waals surface area contributed by atoms with Crippen molar-refractivity contribution in [2.75, 3.05) is 31.1 Å². The maximum atomic E-state index is 13.5. The van der Waals surface area contributed by atoms with E-state index < -0.39 is 11.6 Å². The second-order valence-electron chi connectivity index (χ2n) is 7.22. The van der Waals surface area contributed by atoms with E-state index in [0.717, 1.165) is 28.9 Å². The van der Waals surface area contributed by atoms with E-state index in [9.17, 15) is 18.4 Å². The van der Waals surface area contributed by atoms with Crippen LogP contribution in [0.2, 0.25) is 0 Å². The highest BCUT2D eigenvalue weighted by atomic mass is 32.1. The van der Waals surface area contributed by atoms with Crippen LogP contribution in [0.4, 0.5) is 14.5 Å². The van der Waals surface area contributed by atoms with Crippen LogP contribution in [0.15, 0.2) is 46.6 Å². The van der Waals surface area contributed by atoms with Gasteiger partial charge in [-0.05, 0) is 30.3 Å². The van der Waals surface area contributed by atoms with Gasteiger partial charge in [-0.1, -0.05) is 6.07 Å². The summed E-state index contributed by atoms with van der Waals surface area (Å²) < 4.78 is 26.7. The number of benzene rings is 2. The van der Waals surface area contributed by atoms with Gasteiger partial charge in [0.25, 0.3) is 5.91 Å². The summed E-state index contributed by atoms with van der Waals surface area (Å²) in [6, 6.07) is 9.23. The van der Waals surface area contributed by atoms with E-state index in [2.05, 4.69) is 19.9 Å². The average molecular weight is 441 g/mol. The number of thiazole rings is 1. The second kappa shape index (κ2) is 7.62. The van der Waals surface area contributed by atoms with Crippen molar-refractivity contribution in [1.82, 2.24) is 19.9 Å². The Balaban J connectivity index is 1.29. The Morgan fingerprint density at radius 1 is 1.03 bits per heavy atom. The minimum atomic E-state index is -0.949. The van der Waals surface area contributed by atoms with Crippen molar-refractivity contribution < 1.29 is 13.6 Å². The number of aromatic nitrogens is 3. The molecule has 1 saturated heterocycles. The molecule has 0 radical (unpaired) electrons. The number of amides is 1. The first-order chi connectivity index (χ1) is 15.0. The lowest BCUT2D eigenvalue weighted by molar-refractivity contribution is 0.0742. The van der Waals surface area contributed by atoms with E-state index in [1.807, 2.05) is 18.2 Å². The third kappa shape index (κ3) is 3.59. The minimum absolute atomic E-state index is 0.196. The topological polar surface area (TPSA) is 85.1 Å². The Morgan fingerprint density at radius 2 is 1.84 bits per heavy atom. The fourth-order valence-corrected chi connectivity index (χ4v) is 4.54. The molecule has 0 spiro atoms. The van der Waals surface area contributed by atoms with E-state index in [0.29, 0.717) is 36.8 Å². The molecule has 2 aromatic heterocycles. The Morgan fingerprint density at radius 3 is 2.61 bits per heavy atom. The lowest BCUT2D eigenvalue weighted by atomic mass is 10.2. The normalized spacial score (nSPS) is 14.4. The molecule has 158 valence electrons. The molecule has 0 saturated carbocycles. The van der Waals surface area contributed by atoms with Crippen molar-refractivity contribution in [1.29, 1.82) is 0 Å². The predicted octanol–water partition coefficient (Wildman–Crippen LogP) is 3.22. The summed E-state index contributed by atoms with van der Waals surface area (Å²) in [4.78, 5) is 38.3. The highest BCUT2D eigenvalue weighted by Crippen LogP contribution is 2.27. The van der Waals surface area contributed by atoms with Crippen molar-refractivity contribution in [3.63, 3.8) is 0 Å². The molecular weight excluding hydrogens is 424 g/mol. The predicted molar refractivity (Wildman–Crippen MR) is 115 cm³/mol. The Kier molecular flexibility index (Phi) is 4.78. The van der Waals surface area contributed by atoms with Crippen LogP contribution in [-0.2, 0) is 0 Å². The molecule has 5 rings (SSSR count). The van der Waals surface area contributed by atoms with Crippen LogP contribution in [0.25, 0.3) is 21.6 Å². The van der Waals surface area contributed by atoms with Crippen LogP contribution >= 0.6 is 11.3 Å². The molecular formula is C21H17F2N5O2S. The number of piperazine rings is 1. The lowest BCUT2D eigenvalue weighted by Gasteiger charge is -2.36. The van der Waals surface area contributed by atoms with Crippen molar-refractivity contribution in [3.05, 3.63) is 69.6 Å². The molecule has 7 nitrogen and oxygen atoms in total. The molecule has 1 aliphatic heterocycles. The van der Waals surface area contributed by atoms with Gasteiger partial charge < -0.3 is 19.8 Å². The van der Waals surface area contributed by atoms with Crippen LogP contribution in [-0.4, -0.2) is 51.9 Å². The maximum Gasteiger partial charge on any atom is 0.323 e. The summed E-state index contributed by atoms with van der Waals surface area (Å²) in [5, 5.41) is 2.10. The van der Waals surface area contributed by atoms with Gasteiger partial charge in [0.05, 0.1) is 16.7 Å². The molecule has 0 unspecified atom stereocenters. The molecule has 0 bridgehead atoms. The van der Waals surface area contributed by atoms with Gasteiger partial charge in [-0.3, -0.25) is 4.79 Å². The van der Waals surface area contributed by atoms with Crippen LogP contribution in [0.1, 0.15) is 10.5 Å². The van der Waals surface area contributed by atoms with Crippen molar-refractivity contribution >= 4 is 34.0 Å². The van der Waals surface area contributed by atoms with Gasteiger partial charge in [0.15, 0.2) is 11.6 Å². The number of fused-ring (bicyclic) bond motifs is 1. The third-order valence-electron chi connectivity index (χ3n) is 5.33. The van der Waals surface area contributed by atoms with Gasteiger partial charge in [-0.25, -0.2) is 18.6 Å². The highest BCUT2D eigenvalue weighted by Gasteiger charge is 2.25. The van der Waals surface area contributed by atoms with Crippen LogP contribution in [0, 0.1) is 11.6 Å². The number of para-hydroxylation sites is 1. The molecule has 0 atom stereocenters. The number of hydrogen-bond acceptors (Lipinski definition) is 5. The number of anilines is 1. The number of carbonyl (C=O) groups is 1. The Labute approximate surface area is 179 Å². The number of nitrogens with one attached hydrogen (secondary N) is 2. The molecule has 2 aromatic carbocycles. The summed E-state index contributed by atoms with van der Waals surface area (Å²) in [6.07, 6.45) is 0. The Hall–Kier alpha value is -3.53. The fraction of sp³-hybridized carbons (Fsp3) is 0.190. The van der Waals surface area contributed by atoms with Gasteiger partial charge in [0, 0.05) is 37.1 Å². The van der Waals surface area contributed by atoms with E-state index in [4.69, 9.17) is 0 Å². The summed E-state index contributed by atoms with van der Waals surface area (Å²) in [5.74, 6) is -2.07. The number of aromatic amines is 2. The molecule has 3 heterocycles. The molecule has 1 aliphatic rings. The fourth-order valence-electron chi connectivity index (χ4n) is 3.75. The molecule has 2 N–H and O–H groups in total. The van der Waals surface area contributed by atoms with Crippen LogP contribution in [0.3, 0.4) is 0 Å². The number of rotatable bonds is 3. The molecule has 1 fully saturated rings. The first-order valence-corrected chi connectivity index (χ1v) is 10.5. The summed E-state index contributed by atoms with van der Waals surface area (Å²) in [5.41, 5.74) is 2.88. The molecule has 0 aliphatic carbocycles. The average Bonchev–Trinajstić information content (AvgIpc) is 3.41. The first-order valence-electron chi connectivity index (χ1n) is 9.66. The van der Waals surface area contributed by atoms with Crippen molar-refractivity contribution in [2.24, 2.45) is 0 Å². The number of imidazole rings is 1. The Bertz CT molecular complexity index is 1340. The largest absolute Gasteiger partial charge is 0.366 e. The number of hydrogen-bond donors (Lipinski definition) is 2. The number of halogens is 2. The van der Waals surface area contributed by atoms with Gasteiger partial charge in [-0.2, -0.15) is 0 Å². The van der Waals surface area contributed by atoms with Gasteiger partial charge in [0.1, 0.15) is 10.7 Å². The summed E-state index contributed by atoms with van der Waals surface area (Å²) in [6.45, 7) is 2.22. The lowest BCUT2D eigenvalue weighted by Crippen LogP contribution is -2.49. The van der Waals surface area contributed by atoms with E-state index in [-0.39, 0.29) is 17.3 Å². The zero-order valence-electron chi connectivity index (χ0n) is 16.2. The monoisotopic (exact) mass is 441 g/mol. The zero-order valence-corrected chi connectivity index (χ0v) is 17.0. The summed E-state index contributed by atoms with van der Waals surface area (Å²) in [7, 11) is 0. The second-order valence-corrected chi connectivity index (χ2v) is 8.08. The van der Waals surface area contributed by atoms with Crippen LogP contribution < -0.4 is 10.6 Å². The smallest absolute Gasteiger partial charge is 0.323 e. The number of H-pyrrole nitrogens is 2. The summed E-state index contributed by atoms with van der Waals surface area (Å²) >= 11 is 1.22. The van der Waals surface area contributed by atoms with E-state index in [1.165, 1.54) is 17.4 Å². The van der Waals surface area contributed by atoms with Gasteiger partial charge in [0.2, 0.25) is 0 Å². The quantitative estimate of drug-likeness (QED) is 0.511. The van der Waals surface area contributed by atoms with Crippen molar-refractivity contribution in [3.8, 4) is 10.6 Å². The molecule has 10 heteroatoms. The van der Waals surface area contributed by atoms with Gasteiger partial charge in [-0.15, -0.1) is 11.3 Å². The number of carbonyl (C=O) groups excluding carboxylic acids is 1. The maximum absolute atomic E-state index is 13.5. The third-order valence-corrected chi connectivity index (χ3v) is 6.22. The van der Waals surface area contributed by atoms with Gasteiger partial charge >= 0.3 is 5.69 Å². The first kappa shape index (κ1) is 19.4. The molecule has 1 amide bonds. The zero-order chi connectivity index (χ0) is 21.5. The standard InChI is InChI=1S/C21H17F2N5O2S/c22-13-5-4-12(10-14(13)23)19-24-16(11-31-19)20(29)28-8-6-27(7-9-28)17-3-1-2-15-18(17)26-21(30)25-15/h1-5,10-11H,6-9H2,(H2,25,26,30). The number of nitrogens with zero attached hydrogens (tertiary/aromatic N) is 3. The molecule has 4 aromatic rings. The minimum Gasteiger partial charge on any atom is -0.366 e. The van der Waals surface area contributed by atoms with E-state index in [1.54, 1.807) is 10.3 Å². The highest BCUT2D eigenvalue weighted by molar-refractivity contribution is 7.13.